The largest absolute Gasteiger partial charge is 0.393 e. The van der Waals surface area contributed by atoms with E-state index in [9.17, 15) is 15.2 Å². The van der Waals surface area contributed by atoms with E-state index in [2.05, 4.69) is 21.3 Å². The highest BCUT2D eigenvalue weighted by Crippen LogP contribution is 2.27. The summed E-state index contributed by atoms with van der Waals surface area (Å²) in [5, 5.41) is 22.8. The van der Waals surface area contributed by atoms with Gasteiger partial charge in [-0.05, 0) is 55.3 Å². The summed E-state index contributed by atoms with van der Waals surface area (Å²) in [5.41, 5.74) is 3.64. The van der Waals surface area contributed by atoms with Crippen molar-refractivity contribution < 1.29 is 9.90 Å². The van der Waals surface area contributed by atoms with E-state index in [1.54, 1.807) is 36.4 Å². The van der Waals surface area contributed by atoms with Crippen molar-refractivity contribution in [2.24, 2.45) is 0 Å². The number of nitrogens with one attached hydrogen (secondary N) is 1. The minimum atomic E-state index is -0.353. The van der Waals surface area contributed by atoms with Gasteiger partial charge in [-0.3, -0.25) is 4.79 Å². The molecule has 4 rings (SSSR count). The molecule has 0 bridgehead atoms. The summed E-state index contributed by atoms with van der Waals surface area (Å²) in [6, 6.07) is 20.0. The van der Waals surface area contributed by atoms with Gasteiger partial charge in [-0.1, -0.05) is 29.8 Å². The molecule has 2 heterocycles. The van der Waals surface area contributed by atoms with E-state index in [-0.39, 0.29) is 17.7 Å². The normalized spacial score (nSPS) is 14.2. The first-order valence-electron chi connectivity index (χ1n) is 10.0. The zero-order valence-electron chi connectivity index (χ0n) is 16.8. The summed E-state index contributed by atoms with van der Waals surface area (Å²) in [4.78, 5) is 19.3. The van der Waals surface area contributed by atoms with E-state index in [1.165, 1.54) is 0 Å². The van der Waals surface area contributed by atoms with Crippen LogP contribution in [0.3, 0.4) is 0 Å². The molecular formula is C24H21ClN4O2. The molecule has 7 heteroatoms. The molecule has 1 aliphatic heterocycles. The van der Waals surface area contributed by atoms with Gasteiger partial charge in [-0.25, -0.2) is 4.98 Å². The number of anilines is 2. The molecule has 1 amide bonds. The summed E-state index contributed by atoms with van der Waals surface area (Å²) < 4.78 is 0. The molecule has 31 heavy (non-hydrogen) atoms. The number of hydrogen-bond acceptors (Lipinski definition) is 5. The van der Waals surface area contributed by atoms with Crippen LogP contribution in [0.25, 0.3) is 11.3 Å². The Morgan fingerprint density at radius 1 is 1.13 bits per heavy atom. The summed E-state index contributed by atoms with van der Waals surface area (Å²) in [7, 11) is 0. The Bertz CT molecular complexity index is 1130. The summed E-state index contributed by atoms with van der Waals surface area (Å²) in [6.07, 6.45) is 1.08. The van der Waals surface area contributed by atoms with Crippen molar-refractivity contribution in [3.05, 3.63) is 76.9 Å². The lowest BCUT2D eigenvalue weighted by Gasteiger charge is -2.32. The molecule has 1 saturated heterocycles. The zero-order valence-corrected chi connectivity index (χ0v) is 17.5. The first kappa shape index (κ1) is 20.9. The number of nitrogens with zero attached hydrogens (tertiary/aromatic N) is 3. The third-order valence-corrected chi connectivity index (χ3v) is 5.55. The second-order valence-corrected chi connectivity index (χ2v) is 7.87. The molecule has 0 atom stereocenters. The van der Waals surface area contributed by atoms with Gasteiger partial charge >= 0.3 is 0 Å². The van der Waals surface area contributed by atoms with Crippen molar-refractivity contribution in [2.75, 3.05) is 23.3 Å². The van der Waals surface area contributed by atoms with Crippen LogP contribution in [0, 0.1) is 11.3 Å². The van der Waals surface area contributed by atoms with Crippen LogP contribution < -0.4 is 10.2 Å². The molecule has 1 fully saturated rings. The number of pyridine rings is 1. The number of halogens is 1. The number of hydrogen-bond donors (Lipinski definition) is 2. The average molecular weight is 433 g/mol. The average Bonchev–Trinajstić information content (AvgIpc) is 2.80. The van der Waals surface area contributed by atoms with E-state index in [1.807, 2.05) is 24.3 Å². The highest BCUT2D eigenvalue weighted by atomic mass is 35.5. The van der Waals surface area contributed by atoms with E-state index in [0.717, 1.165) is 11.3 Å². The first-order chi connectivity index (χ1) is 15.0. The van der Waals surface area contributed by atoms with E-state index in [0.29, 0.717) is 47.9 Å². The minimum absolute atomic E-state index is 0.278. The number of rotatable bonds is 4. The number of aliphatic hydroxyl groups is 1. The Morgan fingerprint density at radius 3 is 2.58 bits per heavy atom. The molecule has 2 N–H and O–H groups in total. The van der Waals surface area contributed by atoms with Gasteiger partial charge in [0.2, 0.25) is 0 Å². The number of piperidine rings is 1. The van der Waals surface area contributed by atoms with Gasteiger partial charge in [-0.15, -0.1) is 0 Å². The first-order valence-corrected chi connectivity index (χ1v) is 10.4. The van der Waals surface area contributed by atoms with Crippen LogP contribution in [0.15, 0.2) is 60.7 Å². The molecule has 0 spiro atoms. The van der Waals surface area contributed by atoms with Crippen LogP contribution in [0.4, 0.5) is 11.4 Å². The van der Waals surface area contributed by atoms with Crippen LogP contribution >= 0.6 is 11.6 Å². The fourth-order valence-corrected chi connectivity index (χ4v) is 3.75. The monoisotopic (exact) mass is 432 g/mol. The lowest BCUT2D eigenvalue weighted by Crippen LogP contribution is -2.36. The summed E-state index contributed by atoms with van der Waals surface area (Å²) in [5.74, 6) is -0.353. The maximum Gasteiger partial charge on any atom is 0.274 e. The third kappa shape index (κ3) is 4.85. The number of aliphatic hydroxyl groups excluding tert-OH is 1. The molecule has 1 aliphatic rings. The van der Waals surface area contributed by atoms with Gasteiger partial charge in [0.05, 0.1) is 23.0 Å². The predicted molar refractivity (Wildman–Crippen MR) is 121 cm³/mol. The number of carbonyl (C=O) groups excluding carboxylic acids is 1. The Morgan fingerprint density at radius 2 is 1.87 bits per heavy atom. The van der Waals surface area contributed by atoms with Crippen LogP contribution in [0.5, 0.6) is 0 Å². The smallest absolute Gasteiger partial charge is 0.274 e. The fraction of sp³-hybridized carbons (Fsp3) is 0.208. The number of benzene rings is 2. The quantitative estimate of drug-likeness (QED) is 0.634. The van der Waals surface area contributed by atoms with Crippen LogP contribution in [0.1, 0.15) is 28.9 Å². The lowest BCUT2D eigenvalue weighted by atomic mass is 10.0. The molecule has 0 aliphatic carbocycles. The lowest BCUT2D eigenvalue weighted by molar-refractivity contribution is 0.102. The Hall–Kier alpha value is -3.40. The topological polar surface area (TPSA) is 89.2 Å². The second kappa shape index (κ2) is 9.17. The van der Waals surface area contributed by atoms with Gasteiger partial charge in [0.15, 0.2) is 0 Å². The molecule has 0 unspecified atom stereocenters. The van der Waals surface area contributed by atoms with Crippen molar-refractivity contribution in [2.45, 2.75) is 18.9 Å². The van der Waals surface area contributed by atoms with Gasteiger partial charge in [0, 0.05) is 29.4 Å². The molecule has 1 aromatic heterocycles. The number of nitriles is 1. The van der Waals surface area contributed by atoms with Gasteiger partial charge in [-0.2, -0.15) is 5.26 Å². The van der Waals surface area contributed by atoms with E-state index < -0.39 is 0 Å². The number of aromatic nitrogens is 1. The van der Waals surface area contributed by atoms with Crippen LogP contribution in [-0.2, 0) is 0 Å². The third-order valence-electron chi connectivity index (χ3n) is 5.30. The summed E-state index contributed by atoms with van der Waals surface area (Å²) in [6.45, 7) is 1.39. The van der Waals surface area contributed by atoms with Gasteiger partial charge < -0.3 is 15.3 Å². The van der Waals surface area contributed by atoms with Crippen molar-refractivity contribution in [3.63, 3.8) is 0 Å². The fourth-order valence-electron chi connectivity index (χ4n) is 3.62. The second-order valence-electron chi connectivity index (χ2n) is 7.43. The van der Waals surface area contributed by atoms with E-state index >= 15 is 0 Å². The van der Waals surface area contributed by atoms with Crippen molar-refractivity contribution >= 4 is 28.9 Å². The van der Waals surface area contributed by atoms with Crippen LogP contribution in [0.2, 0.25) is 5.02 Å². The van der Waals surface area contributed by atoms with Crippen LogP contribution in [-0.4, -0.2) is 35.2 Å². The Labute approximate surface area is 185 Å². The highest BCUT2D eigenvalue weighted by Gasteiger charge is 2.20. The zero-order chi connectivity index (χ0) is 21.8. The SMILES string of the molecule is N#Cc1cc(NC(=O)c2cccc(-c3ccc(Cl)cc3)n2)ccc1N1CCC(O)CC1. The molecule has 0 saturated carbocycles. The molecule has 2 aromatic carbocycles. The predicted octanol–water partition coefficient (Wildman–Crippen LogP) is 4.49. The number of carbonyl (C=O) groups is 1. The van der Waals surface area contributed by atoms with E-state index in [4.69, 9.17) is 11.6 Å². The van der Waals surface area contributed by atoms with Gasteiger partial charge in [0.1, 0.15) is 11.8 Å². The van der Waals surface area contributed by atoms with Gasteiger partial charge in [0.25, 0.3) is 5.91 Å². The highest BCUT2D eigenvalue weighted by molar-refractivity contribution is 6.30. The standard InChI is InChI=1S/C24H21ClN4O2/c25-18-6-4-16(5-7-18)21-2-1-3-22(28-21)24(31)27-19-8-9-23(17(14-19)15-26)29-12-10-20(30)11-13-29/h1-9,14,20,30H,10-13H2,(H,27,31). The van der Waals surface area contributed by atoms with Crippen molar-refractivity contribution in [1.29, 1.82) is 5.26 Å². The molecular weight excluding hydrogens is 412 g/mol. The maximum atomic E-state index is 12.8. The molecule has 6 nitrogen and oxygen atoms in total. The number of amides is 1. The maximum absolute atomic E-state index is 12.8. The van der Waals surface area contributed by atoms with Crippen molar-refractivity contribution in [3.8, 4) is 17.3 Å². The Kier molecular flexibility index (Phi) is 6.17. The molecule has 156 valence electrons. The Balaban J connectivity index is 1.51. The molecule has 3 aromatic rings. The van der Waals surface area contributed by atoms with Crippen molar-refractivity contribution in [1.82, 2.24) is 4.98 Å². The summed E-state index contributed by atoms with van der Waals surface area (Å²) >= 11 is 5.94. The molecule has 0 radical (unpaired) electrons. The minimum Gasteiger partial charge on any atom is -0.393 e.